The molecule has 0 radical (unpaired) electrons. The van der Waals surface area contributed by atoms with E-state index in [0.29, 0.717) is 0 Å². The molecule has 0 aromatic carbocycles. The van der Waals surface area contributed by atoms with Crippen molar-refractivity contribution in [3.8, 4) is 0 Å². The first kappa shape index (κ1) is 9.38. The Morgan fingerprint density at radius 3 is 2.83 bits per heavy atom. The second-order valence-electron chi connectivity index (χ2n) is 2.35. The molecule has 12 heavy (non-hydrogen) atoms. The van der Waals surface area contributed by atoms with Gasteiger partial charge in [0.15, 0.2) is 0 Å². The molecule has 0 unspecified atom stereocenters. The van der Waals surface area contributed by atoms with Gasteiger partial charge in [0.25, 0.3) is 0 Å². The predicted molar refractivity (Wildman–Crippen MR) is 58.7 cm³/mol. The van der Waals surface area contributed by atoms with Crippen molar-refractivity contribution in [3.63, 3.8) is 0 Å². The molecule has 0 aliphatic carbocycles. The summed E-state index contributed by atoms with van der Waals surface area (Å²) in [5.41, 5.74) is 1.27. The molecule has 0 saturated carbocycles. The highest BCUT2D eigenvalue weighted by atomic mass is 127. The van der Waals surface area contributed by atoms with E-state index in [0.717, 1.165) is 3.51 Å². The van der Waals surface area contributed by atoms with Crippen molar-refractivity contribution < 1.29 is 9.90 Å². The molecule has 0 aromatic heterocycles. The Hall–Kier alpha value is -0.710. The second-order valence-corrected chi connectivity index (χ2v) is 4.84. The third kappa shape index (κ3) is 3.13. The fourth-order valence-electron chi connectivity index (χ4n) is 0.676. The van der Waals surface area contributed by atoms with Crippen LogP contribution in [0, 0.1) is 0 Å². The molecule has 1 N–H and O–H groups in total. The Bertz CT molecular complexity index is 308. The van der Waals surface area contributed by atoms with E-state index in [1.807, 2.05) is 19.1 Å². The molecule has 0 saturated heterocycles. The number of allylic oxidation sites excluding steroid dienone is 4. The molecule has 0 bridgehead atoms. The lowest BCUT2D eigenvalue weighted by Crippen LogP contribution is -1.91. The first-order valence-corrected chi connectivity index (χ1v) is 5.77. The topological polar surface area (TPSA) is 37.3 Å². The molecule has 1 heterocycles. The van der Waals surface area contributed by atoms with Crippen LogP contribution in [0.5, 0.6) is 0 Å². The van der Waals surface area contributed by atoms with Crippen molar-refractivity contribution in [1.29, 1.82) is 0 Å². The first-order chi connectivity index (χ1) is 5.68. The minimum Gasteiger partial charge on any atom is -0.478 e. The maximum absolute atomic E-state index is 10.2. The smallest absolute Gasteiger partial charge is 0.328 e. The van der Waals surface area contributed by atoms with Crippen LogP contribution in [-0.4, -0.2) is 14.6 Å². The largest absolute Gasteiger partial charge is 0.478 e. The van der Waals surface area contributed by atoms with Crippen LogP contribution in [0.4, 0.5) is 0 Å². The van der Waals surface area contributed by atoms with Crippen LogP contribution >= 0.6 is 20.7 Å². The average Bonchev–Trinajstić information content (AvgIpc) is 2.03. The van der Waals surface area contributed by atoms with Gasteiger partial charge in [-0.1, -0.05) is 26.8 Å². The van der Waals surface area contributed by atoms with Gasteiger partial charge in [-0.3, -0.25) is 0 Å². The zero-order chi connectivity index (χ0) is 8.97. The summed E-state index contributed by atoms with van der Waals surface area (Å²) in [7, 11) is 0. The highest BCUT2D eigenvalue weighted by Gasteiger charge is 1.93. The molecule has 2 nitrogen and oxygen atoms in total. The summed E-state index contributed by atoms with van der Waals surface area (Å²) in [6.07, 6.45) is 6.86. The van der Waals surface area contributed by atoms with Crippen molar-refractivity contribution in [3.05, 3.63) is 34.0 Å². The van der Waals surface area contributed by atoms with Crippen molar-refractivity contribution >= 4 is 30.2 Å². The highest BCUT2D eigenvalue weighted by molar-refractivity contribution is 14.2. The van der Waals surface area contributed by atoms with E-state index in [-0.39, 0.29) is 20.7 Å². The molecular weight excluding hydrogens is 267 g/mol. The summed E-state index contributed by atoms with van der Waals surface area (Å²) in [6, 6.07) is 0. The Balaban J connectivity index is 2.69. The monoisotopic (exact) mass is 276 g/mol. The number of carbonyl (C=O) groups is 1. The maximum atomic E-state index is 10.2. The van der Waals surface area contributed by atoms with E-state index in [1.165, 1.54) is 11.6 Å². The fraction of sp³-hybridized carbons (Fsp3) is 0.111. The summed E-state index contributed by atoms with van der Waals surface area (Å²) < 4.78 is 3.32. The summed E-state index contributed by atoms with van der Waals surface area (Å²) >= 11 is -0.106. The molecule has 3 heteroatoms. The van der Waals surface area contributed by atoms with Gasteiger partial charge >= 0.3 is 5.97 Å². The standard InChI is InChI=1S/C9H9IO2/c1-7-2-3-8(10-6-7)4-5-9(11)12/h2-6H,1H3,(H,11,12)/b5-4+. The normalized spacial score (nSPS) is 16.8. The Morgan fingerprint density at radius 2 is 2.33 bits per heavy atom. The van der Waals surface area contributed by atoms with Gasteiger partial charge in [-0.15, -0.1) is 0 Å². The highest BCUT2D eigenvalue weighted by Crippen LogP contribution is 2.15. The van der Waals surface area contributed by atoms with Crippen LogP contribution in [0.1, 0.15) is 6.92 Å². The van der Waals surface area contributed by atoms with Gasteiger partial charge in [0, 0.05) is 9.58 Å². The number of hydrogen-bond donors (Lipinski definition) is 1. The Kier molecular flexibility index (Phi) is 3.40. The minimum absolute atomic E-state index is 0.106. The molecule has 64 valence electrons. The lowest BCUT2D eigenvalue weighted by atomic mass is 10.2. The quantitative estimate of drug-likeness (QED) is 0.620. The van der Waals surface area contributed by atoms with Gasteiger partial charge in [0.2, 0.25) is 0 Å². The number of carboxylic acids is 1. The van der Waals surface area contributed by atoms with Crippen molar-refractivity contribution in [1.82, 2.24) is 0 Å². The van der Waals surface area contributed by atoms with Crippen molar-refractivity contribution in [2.75, 3.05) is 0 Å². The van der Waals surface area contributed by atoms with Gasteiger partial charge in [0.1, 0.15) is 0 Å². The van der Waals surface area contributed by atoms with E-state index in [4.69, 9.17) is 5.11 Å². The lowest BCUT2D eigenvalue weighted by Gasteiger charge is -1.97. The second kappa shape index (κ2) is 4.35. The van der Waals surface area contributed by atoms with E-state index >= 15 is 0 Å². The van der Waals surface area contributed by atoms with Crippen LogP contribution in [0.3, 0.4) is 0 Å². The maximum Gasteiger partial charge on any atom is 0.328 e. The number of carboxylic acid groups (broad SMARTS) is 1. The summed E-state index contributed by atoms with van der Waals surface area (Å²) in [5.74, 6) is -0.883. The molecule has 1 aliphatic rings. The molecule has 0 atom stereocenters. The van der Waals surface area contributed by atoms with Crippen LogP contribution in [0.2, 0.25) is 0 Å². The van der Waals surface area contributed by atoms with Gasteiger partial charge in [0.05, 0.1) is 0 Å². The van der Waals surface area contributed by atoms with Crippen LogP contribution in [0.15, 0.2) is 34.0 Å². The van der Waals surface area contributed by atoms with Gasteiger partial charge < -0.3 is 5.11 Å². The number of aliphatic carboxylic acids is 1. The average molecular weight is 276 g/mol. The fourth-order valence-corrected chi connectivity index (χ4v) is 2.51. The van der Waals surface area contributed by atoms with Gasteiger partial charge in [-0.05, 0) is 28.7 Å². The summed E-state index contributed by atoms with van der Waals surface area (Å²) in [4.78, 5) is 10.2. The molecule has 1 aliphatic heterocycles. The molecular formula is C9H9IO2. The van der Waals surface area contributed by atoms with Crippen molar-refractivity contribution in [2.24, 2.45) is 0 Å². The SMILES string of the molecule is CC1=CI=C(/C=C/C(=O)O)C=C1. The predicted octanol–water partition coefficient (Wildman–Crippen LogP) is 2.24. The van der Waals surface area contributed by atoms with Crippen LogP contribution in [0.25, 0.3) is 0 Å². The third-order valence-electron chi connectivity index (χ3n) is 1.24. The molecule has 0 fully saturated rings. The van der Waals surface area contributed by atoms with Gasteiger partial charge in [-0.25, -0.2) is 4.79 Å². The third-order valence-corrected chi connectivity index (χ3v) is 3.98. The van der Waals surface area contributed by atoms with E-state index < -0.39 is 5.97 Å². The molecule has 1 rings (SSSR count). The van der Waals surface area contributed by atoms with E-state index in [9.17, 15) is 4.79 Å². The molecule has 0 aromatic rings. The molecule has 0 amide bonds. The first-order valence-electron chi connectivity index (χ1n) is 3.44. The molecule has 0 spiro atoms. The zero-order valence-electron chi connectivity index (χ0n) is 6.62. The zero-order valence-corrected chi connectivity index (χ0v) is 8.78. The Morgan fingerprint density at radius 1 is 1.58 bits per heavy atom. The Labute approximate surface area is 81.0 Å². The van der Waals surface area contributed by atoms with E-state index in [1.54, 1.807) is 6.08 Å². The summed E-state index contributed by atoms with van der Waals surface area (Å²) in [6.45, 7) is 2.05. The number of halogens is 1. The van der Waals surface area contributed by atoms with Crippen molar-refractivity contribution in [2.45, 2.75) is 6.92 Å². The summed E-state index contributed by atoms with van der Waals surface area (Å²) in [5, 5.41) is 8.37. The lowest BCUT2D eigenvalue weighted by molar-refractivity contribution is -0.131. The number of hydrogen-bond acceptors (Lipinski definition) is 1. The number of rotatable bonds is 2. The minimum atomic E-state index is -0.883. The van der Waals surface area contributed by atoms with Crippen LogP contribution < -0.4 is 0 Å². The van der Waals surface area contributed by atoms with Gasteiger partial charge in [-0.2, -0.15) is 0 Å². The van der Waals surface area contributed by atoms with Crippen LogP contribution in [-0.2, 0) is 4.79 Å². The van der Waals surface area contributed by atoms with E-state index in [2.05, 4.69) is 4.08 Å².